The van der Waals surface area contributed by atoms with Crippen LogP contribution in [0.2, 0.25) is 0 Å². The maximum atomic E-state index is 12.6. The van der Waals surface area contributed by atoms with Crippen LogP contribution in [0.25, 0.3) is 0 Å². The van der Waals surface area contributed by atoms with Gasteiger partial charge >= 0.3 is 0 Å². The van der Waals surface area contributed by atoms with E-state index in [1.54, 1.807) is 24.6 Å². The third-order valence-electron chi connectivity index (χ3n) is 4.54. The molecule has 7 nitrogen and oxygen atoms in total. The van der Waals surface area contributed by atoms with Crippen molar-refractivity contribution in [2.75, 3.05) is 40.3 Å². The number of aromatic nitrogens is 2. The molecule has 1 atom stereocenters. The molecular weight excluding hydrogens is 302 g/mol. The number of fused-ring (bicyclic) bond motifs is 1. The first-order valence-corrected chi connectivity index (χ1v) is 9.27. The normalized spacial score (nSPS) is 24.6. The average Bonchev–Trinajstić information content (AvgIpc) is 3.07. The Bertz CT molecular complexity index is 607. The molecular formula is C14H25N5O2S. The lowest BCUT2D eigenvalue weighted by molar-refractivity contribution is 0.230. The van der Waals surface area contributed by atoms with E-state index >= 15 is 0 Å². The number of hydrogen-bond donors (Lipinski definition) is 0. The summed E-state index contributed by atoms with van der Waals surface area (Å²) in [5.74, 6) is 0.272. The minimum Gasteiger partial charge on any atom is -0.303 e. The van der Waals surface area contributed by atoms with Crippen LogP contribution in [0.4, 0.5) is 0 Å². The van der Waals surface area contributed by atoms with E-state index in [0.717, 1.165) is 31.9 Å². The zero-order chi connectivity index (χ0) is 15.7. The molecule has 0 spiro atoms. The molecule has 0 unspecified atom stereocenters. The molecule has 2 aliphatic rings. The summed E-state index contributed by atoms with van der Waals surface area (Å²) >= 11 is 0. The van der Waals surface area contributed by atoms with Crippen molar-refractivity contribution in [1.29, 1.82) is 0 Å². The highest BCUT2D eigenvalue weighted by Gasteiger charge is 2.32. The molecule has 0 aliphatic carbocycles. The summed E-state index contributed by atoms with van der Waals surface area (Å²) in [4.78, 5) is 2.44. The lowest BCUT2D eigenvalue weighted by Gasteiger charge is -2.28. The molecule has 1 aromatic rings. The van der Waals surface area contributed by atoms with Gasteiger partial charge in [0.1, 0.15) is 0 Å². The molecule has 0 bridgehead atoms. The Labute approximate surface area is 132 Å². The van der Waals surface area contributed by atoms with E-state index in [9.17, 15) is 8.42 Å². The van der Waals surface area contributed by atoms with Gasteiger partial charge in [-0.1, -0.05) is 0 Å². The van der Waals surface area contributed by atoms with Crippen LogP contribution in [0.1, 0.15) is 18.5 Å². The van der Waals surface area contributed by atoms with Crippen molar-refractivity contribution in [2.24, 2.45) is 5.92 Å². The van der Waals surface area contributed by atoms with Gasteiger partial charge in [0.25, 0.3) is 10.2 Å². The van der Waals surface area contributed by atoms with Crippen molar-refractivity contribution in [3.8, 4) is 0 Å². The Kier molecular flexibility index (Phi) is 4.54. The van der Waals surface area contributed by atoms with Crippen LogP contribution >= 0.6 is 0 Å². The minimum absolute atomic E-state index is 0.272. The van der Waals surface area contributed by atoms with Crippen molar-refractivity contribution < 1.29 is 8.42 Å². The second-order valence-electron chi connectivity index (χ2n) is 6.46. The molecule has 0 amide bonds. The molecule has 124 valence electrons. The quantitative estimate of drug-likeness (QED) is 0.793. The van der Waals surface area contributed by atoms with E-state index in [1.807, 2.05) is 10.7 Å². The SMILES string of the molecule is CN(C)S(=O)(=O)N1Cc2ccnn2C[C@@H](CN2CCCC2)C1. The Morgan fingerprint density at radius 2 is 2.00 bits per heavy atom. The second kappa shape index (κ2) is 6.27. The molecule has 0 radical (unpaired) electrons. The predicted octanol–water partition coefficient (Wildman–Crippen LogP) is 0.217. The zero-order valence-electron chi connectivity index (χ0n) is 13.3. The van der Waals surface area contributed by atoms with Gasteiger partial charge in [-0.05, 0) is 32.0 Å². The highest BCUT2D eigenvalue weighted by Crippen LogP contribution is 2.21. The van der Waals surface area contributed by atoms with Gasteiger partial charge < -0.3 is 4.90 Å². The first-order valence-electron chi connectivity index (χ1n) is 7.87. The molecule has 22 heavy (non-hydrogen) atoms. The smallest absolute Gasteiger partial charge is 0.281 e. The first kappa shape index (κ1) is 15.9. The largest absolute Gasteiger partial charge is 0.303 e. The fourth-order valence-electron chi connectivity index (χ4n) is 3.35. The van der Waals surface area contributed by atoms with Gasteiger partial charge in [-0.25, -0.2) is 0 Å². The van der Waals surface area contributed by atoms with Crippen molar-refractivity contribution in [3.63, 3.8) is 0 Å². The third kappa shape index (κ3) is 3.19. The molecule has 0 aromatic carbocycles. The van der Waals surface area contributed by atoms with Gasteiger partial charge in [0, 0.05) is 45.8 Å². The Morgan fingerprint density at radius 3 is 2.68 bits per heavy atom. The average molecular weight is 327 g/mol. The van der Waals surface area contributed by atoms with E-state index in [4.69, 9.17) is 0 Å². The molecule has 8 heteroatoms. The standard InChI is InChI=1S/C14H25N5O2S/c1-16(2)22(20,21)18-10-13(9-17-7-3-4-8-17)11-19-14(12-18)5-6-15-19/h5-6,13H,3-4,7-12H2,1-2H3/t13-/m0/s1. The van der Waals surface area contributed by atoms with E-state index in [-0.39, 0.29) is 5.92 Å². The number of rotatable bonds is 4. The summed E-state index contributed by atoms with van der Waals surface area (Å²) in [6, 6.07) is 1.91. The van der Waals surface area contributed by atoms with Gasteiger partial charge in [-0.3, -0.25) is 4.68 Å². The summed E-state index contributed by atoms with van der Waals surface area (Å²) in [6.45, 7) is 4.94. The third-order valence-corrected chi connectivity index (χ3v) is 6.39. The summed E-state index contributed by atoms with van der Waals surface area (Å²) in [5, 5.41) is 4.37. The summed E-state index contributed by atoms with van der Waals surface area (Å²) in [7, 11) is -0.223. The van der Waals surface area contributed by atoms with Crippen molar-refractivity contribution in [2.45, 2.75) is 25.9 Å². The number of nitrogens with zero attached hydrogens (tertiary/aromatic N) is 5. The minimum atomic E-state index is -3.40. The molecule has 1 saturated heterocycles. The fourth-order valence-corrected chi connectivity index (χ4v) is 4.50. The van der Waals surface area contributed by atoms with Crippen LogP contribution in [-0.2, 0) is 23.3 Å². The van der Waals surface area contributed by atoms with Crippen molar-refractivity contribution in [1.82, 2.24) is 23.3 Å². The highest BCUT2D eigenvalue weighted by atomic mass is 32.2. The molecule has 0 N–H and O–H groups in total. The van der Waals surface area contributed by atoms with Crippen molar-refractivity contribution >= 4 is 10.2 Å². The maximum Gasteiger partial charge on any atom is 0.281 e. The maximum absolute atomic E-state index is 12.6. The zero-order valence-corrected chi connectivity index (χ0v) is 14.2. The van der Waals surface area contributed by atoms with E-state index in [0.29, 0.717) is 13.1 Å². The lowest BCUT2D eigenvalue weighted by Crippen LogP contribution is -2.43. The second-order valence-corrected chi connectivity index (χ2v) is 8.60. The van der Waals surface area contributed by atoms with E-state index in [1.165, 1.54) is 17.1 Å². The van der Waals surface area contributed by atoms with Gasteiger partial charge in [0.05, 0.1) is 12.2 Å². The Morgan fingerprint density at radius 1 is 1.27 bits per heavy atom. The molecule has 3 rings (SSSR count). The van der Waals surface area contributed by atoms with Crippen LogP contribution < -0.4 is 0 Å². The van der Waals surface area contributed by atoms with Crippen LogP contribution in [-0.4, -0.2) is 72.0 Å². The predicted molar refractivity (Wildman–Crippen MR) is 84.4 cm³/mol. The molecule has 2 aliphatic heterocycles. The monoisotopic (exact) mass is 327 g/mol. The molecule has 3 heterocycles. The number of likely N-dealkylation sites (tertiary alicyclic amines) is 1. The van der Waals surface area contributed by atoms with Gasteiger partial charge in [0.2, 0.25) is 0 Å². The van der Waals surface area contributed by atoms with Crippen LogP contribution in [0.3, 0.4) is 0 Å². The van der Waals surface area contributed by atoms with Gasteiger partial charge in [0.15, 0.2) is 0 Å². The van der Waals surface area contributed by atoms with E-state index < -0.39 is 10.2 Å². The summed E-state index contributed by atoms with van der Waals surface area (Å²) < 4.78 is 30.0. The summed E-state index contributed by atoms with van der Waals surface area (Å²) in [5.41, 5.74) is 0.967. The Hall–Kier alpha value is -0.960. The topological polar surface area (TPSA) is 61.7 Å². The highest BCUT2D eigenvalue weighted by molar-refractivity contribution is 7.86. The van der Waals surface area contributed by atoms with Crippen LogP contribution in [0, 0.1) is 5.92 Å². The van der Waals surface area contributed by atoms with Gasteiger partial charge in [-0.2, -0.15) is 22.1 Å². The lowest BCUT2D eigenvalue weighted by atomic mass is 10.1. The van der Waals surface area contributed by atoms with E-state index in [2.05, 4.69) is 10.00 Å². The number of hydrogen-bond acceptors (Lipinski definition) is 4. The van der Waals surface area contributed by atoms with Gasteiger partial charge in [-0.15, -0.1) is 0 Å². The molecule has 1 fully saturated rings. The molecule has 1 aromatic heterocycles. The summed E-state index contributed by atoms with van der Waals surface area (Å²) in [6.07, 6.45) is 4.26. The van der Waals surface area contributed by atoms with Crippen LogP contribution in [0.15, 0.2) is 12.3 Å². The fraction of sp³-hybridized carbons (Fsp3) is 0.786. The Balaban J connectivity index is 1.82. The van der Waals surface area contributed by atoms with Crippen LogP contribution in [0.5, 0.6) is 0 Å². The van der Waals surface area contributed by atoms with Crippen molar-refractivity contribution in [3.05, 3.63) is 18.0 Å². The molecule has 0 saturated carbocycles. The first-order chi connectivity index (χ1) is 10.5.